The molecule has 8 aromatic rings. The minimum absolute atomic E-state index is 0.431. The highest BCUT2D eigenvalue weighted by atomic mass is 16.5. The van der Waals surface area contributed by atoms with E-state index in [0.717, 1.165) is 67.2 Å². The molecule has 2 aromatic heterocycles. The molecule has 0 N–H and O–H groups in total. The maximum Gasteiger partial charge on any atom is 0.205 e. The molecule has 0 saturated carbocycles. The molecule has 6 heteroatoms. The smallest absolute Gasteiger partial charge is 0.205 e. The summed E-state index contributed by atoms with van der Waals surface area (Å²) in [5, 5.41) is 14.7. The molecule has 0 aliphatic rings. The Morgan fingerprint density at radius 1 is 0.566 bits per heavy atom. The van der Waals surface area contributed by atoms with Crippen LogP contribution < -0.4 is 4.74 Å². The van der Waals surface area contributed by atoms with Crippen LogP contribution in [0.2, 0.25) is 0 Å². The molecule has 0 radical (unpaired) electrons. The van der Waals surface area contributed by atoms with E-state index >= 15 is 0 Å². The van der Waals surface area contributed by atoms with E-state index in [9.17, 15) is 0 Å². The van der Waals surface area contributed by atoms with Gasteiger partial charge in [-0.25, -0.2) is 0 Å². The molecule has 6 aromatic carbocycles. The summed E-state index contributed by atoms with van der Waals surface area (Å²) < 4.78 is 6.48. The molecule has 0 aliphatic carbocycles. The Balaban J connectivity index is 1.12. The molecule has 6 nitrogen and oxygen atoms in total. The SMILES string of the molecule is Cc1ccc(-c2c(OCc3ccc(-c4ccccc4-c4nnn(C(c5ccccc5)(c5ccccc5)c5ccccc5)n4)cc3)cc(C)nc2C)cc1. The van der Waals surface area contributed by atoms with Gasteiger partial charge in [0, 0.05) is 28.6 Å². The van der Waals surface area contributed by atoms with Gasteiger partial charge >= 0.3 is 0 Å². The van der Waals surface area contributed by atoms with Crippen LogP contribution in [0.5, 0.6) is 5.75 Å². The lowest BCUT2D eigenvalue weighted by Gasteiger charge is -2.34. The van der Waals surface area contributed by atoms with Gasteiger partial charge in [0.05, 0.1) is 0 Å². The molecule has 53 heavy (non-hydrogen) atoms. The fourth-order valence-corrected chi connectivity index (χ4v) is 7.20. The van der Waals surface area contributed by atoms with E-state index in [1.165, 1.54) is 5.56 Å². The van der Waals surface area contributed by atoms with Crippen molar-refractivity contribution in [2.75, 3.05) is 0 Å². The Morgan fingerprint density at radius 3 is 1.68 bits per heavy atom. The monoisotopic (exact) mass is 689 g/mol. The van der Waals surface area contributed by atoms with Crippen LogP contribution in [0, 0.1) is 20.8 Å². The number of pyridine rings is 1. The van der Waals surface area contributed by atoms with Gasteiger partial charge in [0.15, 0.2) is 5.54 Å². The van der Waals surface area contributed by atoms with Crippen LogP contribution in [0.1, 0.15) is 39.2 Å². The van der Waals surface area contributed by atoms with Crippen molar-refractivity contribution < 1.29 is 4.74 Å². The van der Waals surface area contributed by atoms with E-state index in [1.54, 1.807) is 4.80 Å². The Bertz CT molecular complexity index is 2360. The molecule has 0 saturated heterocycles. The summed E-state index contributed by atoms with van der Waals surface area (Å²) in [6, 6.07) is 58.5. The van der Waals surface area contributed by atoms with Gasteiger partial charge in [-0.15, -0.1) is 15.0 Å². The third kappa shape index (κ3) is 6.51. The van der Waals surface area contributed by atoms with Crippen LogP contribution in [0.4, 0.5) is 0 Å². The van der Waals surface area contributed by atoms with Gasteiger partial charge < -0.3 is 4.74 Å². The number of nitrogens with zero attached hydrogens (tertiary/aromatic N) is 5. The van der Waals surface area contributed by atoms with Crippen LogP contribution >= 0.6 is 0 Å². The molecule has 0 atom stereocenters. The van der Waals surface area contributed by atoms with Crippen molar-refractivity contribution in [1.29, 1.82) is 0 Å². The normalized spacial score (nSPS) is 11.4. The van der Waals surface area contributed by atoms with E-state index < -0.39 is 5.54 Å². The van der Waals surface area contributed by atoms with Crippen molar-refractivity contribution in [1.82, 2.24) is 25.2 Å². The number of ether oxygens (including phenoxy) is 1. The zero-order chi connectivity index (χ0) is 36.2. The van der Waals surface area contributed by atoms with Crippen LogP contribution in [0.3, 0.4) is 0 Å². The van der Waals surface area contributed by atoms with Crippen molar-refractivity contribution in [2.24, 2.45) is 0 Å². The average Bonchev–Trinajstić information content (AvgIpc) is 3.70. The van der Waals surface area contributed by atoms with Crippen molar-refractivity contribution >= 4 is 0 Å². The highest BCUT2D eigenvalue weighted by molar-refractivity contribution is 5.80. The first-order chi connectivity index (χ1) is 26.0. The molecule has 0 spiro atoms. The number of hydrogen-bond donors (Lipinski definition) is 0. The van der Waals surface area contributed by atoms with Gasteiger partial charge in [0.2, 0.25) is 5.82 Å². The second kappa shape index (κ2) is 14.5. The third-order valence-corrected chi connectivity index (χ3v) is 9.75. The predicted octanol–water partition coefficient (Wildman–Crippen LogP) is 10.4. The maximum absolute atomic E-state index is 6.48. The fourth-order valence-electron chi connectivity index (χ4n) is 7.20. The largest absolute Gasteiger partial charge is 0.488 e. The fraction of sp³-hybridized carbons (Fsp3) is 0.106. The molecule has 0 amide bonds. The quantitative estimate of drug-likeness (QED) is 0.134. The Hall–Kier alpha value is -6.66. The first-order valence-corrected chi connectivity index (χ1v) is 17.8. The summed E-state index contributed by atoms with van der Waals surface area (Å²) in [6.45, 7) is 6.57. The second-order valence-corrected chi connectivity index (χ2v) is 13.3. The summed E-state index contributed by atoms with van der Waals surface area (Å²) in [6.07, 6.45) is 0. The second-order valence-electron chi connectivity index (χ2n) is 13.3. The minimum Gasteiger partial charge on any atom is -0.488 e. The standard InChI is InChI=1S/C47H39N5O/c1-33-23-27-38(28-24-33)45-35(3)48-34(2)31-44(45)53-32-36-25-29-37(30-26-36)42-21-13-14-22-43(42)46-49-51-52(50-46)47(39-15-7-4-8-16-39,40-17-9-5-10-18-40)41-19-11-6-12-20-41/h4-31H,32H2,1-3H3. The van der Waals surface area contributed by atoms with Crippen molar-refractivity contribution in [3.63, 3.8) is 0 Å². The summed E-state index contributed by atoms with van der Waals surface area (Å²) in [4.78, 5) is 6.50. The summed E-state index contributed by atoms with van der Waals surface area (Å²) >= 11 is 0. The van der Waals surface area contributed by atoms with E-state index in [1.807, 2.05) is 50.2 Å². The molecule has 0 unspecified atom stereocenters. The number of tetrazole rings is 1. The average molecular weight is 690 g/mol. The third-order valence-electron chi connectivity index (χ3n) is 9.75. The lowest BCUT2D eigenvalue weighted by atomic mass is 9.77. The van der Waals surface area contributed by atoms with Gasteiger partial charge in [-0.3, -0.25) is 4.98 Å². The number of benzene rings is 6. The van der Waals surface area contributed by atoms with Gasteiger partial charge in [-0.2, -0.15) is 0 Å². The molecular weight excluding hydrogens is 651 g/mol. The van der Waals surface area contributed by atoms with Crippen LogP contribution in [-0.4, -0.2) is 25.2 Å². The van der Waals surface area contributed by atoms with Crippen molar-refractivity contribution in [3.8, 4) is 39.4 Å². The van der Waals surface area contributed by atoms with E-state index in [2.05, 4.69) is 140 Å². The summed E-state index contributed by atoms with van der Waals surface area (Å²) in [5.74, 6) is 1.38. The van der Waals surface area contributed by atoms with Gasteiger partial charge in [0.25, 0.3) is 0 Å². The van der Waals surface area contributed by atoms with Crippen LogP contribution in [0.15, 0.2) is 170 Å². The zero-order valence-electron chi connectivity index (χ0n) is 30.0. The summed E-state index contributed by atoms with van der Waals surface area (Å²) in [5.41, 5.74) is 11.5. The summed E-state index contributed by atoms with van der Waals surface area (Å²) in [7, 11) is 0. The predicted molar refractivity (Wildman–Crippen MR) is 212 cm³/mol. The van der Waals surface area contributed by atoms with Gasteiger partial charge in [-0.1, -0.05) is 169 Å². The van der Waals surface area contributed by atoms with Crippen LogP contribution in [0.25, 0.3) is 33.6 Å². The first kappa shape index (κ1) is 33.5. The van der Waals surface area contributed by atoms with E-state index in [4.69, 9.17) is 25.1 Å². The highest BCUT2D eigenvalue weighted by Crippen LogP contribution is 2.41. The zero-order valence-corrected chi connectivity index (χ0v) is 30.0. The first-order valence-electron chi connectivity index (χ1n) is 17.8. The lowest BCUT2D eigenvalue weighted by molar-refractivity contribution is 0.307. The number of aromatic nitrogens is 5. The Kier molecular flexibility index (Phi) is 9.18. The number of aryl methyl sites for hydroxylation is 3. The van der Waals surface area contributed by atoms with Crippen molar-refractivity contribution in [3.05, 3.63) is 209 Å². The molecule has 0 aliphatic heterocycles. The molecule has 0 fully saturated rings. The Labute approximate surface area is 310 Å². The Morgan fingerprint density at radius 2 is 1.09 bits per heavy atom. The van der Waals surface area contributed by atoms with Crippen molar-refractivity contribution in [2.45, 2.75) is 32.9 Å². The lowest BCUT2D eigenvalue weighted by Crippen LogP contribution is -2.39. The molecule has 8 rings (SSSR count). The number of rotatable bonds is 10. The molecule has 0 bridgehead atoms. The van der Waals surface area contributed by atoms with E-state index in [-0.39, 0.29) is 0 Å². The highest BCUT2D eigenvalue weighted by Gasteiger charge is 2.41. The molecule has 2 heterocycles. The van der Waals surface area contributed by atoms with Crippen LogP contribution in [-0.2, 0) is 12.1 Å². The molecule has 258 valence electrons. The number of hydrogen-bond acceptors (Lipinski definition) is 5. The van der Waals surface area contributed by atoms with E-state index in [0.29, 0.717) is 12.4 Å². The topological polar surface area (TPSA) is 65.7 Å². The molecular formula is C47H39N5O. The minimum atomic E-state index is -0.850. The maximum atomic E-state index is 6.48. The van der Waals surface area contributed by atoms with Gasteiger partial charge in [0.1, 0.15) is 12.4 Å². The van der Waals surface area contributed by atoms with Gasteiger partial charge in [-0.05, 0) is 64.9 Å².